The van der Waals surface area contributed by atoms with Crippen LogP contribution in [-0.2, 0) is 16.1 Å². The predicted octanol–water partition coefficient (Wildman–Crippen LogP) is 1.54. The minimum Gasteiger partial charge on any atom is -0.388 e. The molecule has 0 aliphatic rings. The number of hydroxylamine groups is 2. The molecule has 1 heterocycles. The molecule has 100 valence electrons. The number of alkyl halides is 3. The van der Waals surface area contributed by atoms with Crippen molar-refractivity contribution in [2.24, 2.45) is 0 Å². The van der Waals surface area contributed by atoms with Crippen molar-refractivity contribution in [1.29, 1.82) is 0 Å². The summed E-state index contributed by atoms with van der Waals surface area (Å²) in [5.41, 5.74) is 0.346. The average molecular weight is 264 g/mol. The standard InChI is InChI=1S/C10H11F3N2O3/c1-15(17-2)9(16)6-7-3-4-14-8(5-7)18-10(11,12)13/h3-5H,6H2,1-2H3. The van der Waals surface area contributed by atoms with Crippen molar-refractivity contribution >= 4 is 5.91 Å². The van der Waals surface area contributed by atoms with Crippen LogP contribution in [0.15, 0.2) is 18.3 Å². The summed E-state index contributed by atoms with van der Waals surface area (Å²) in [7, 11) is 2.71. The Morgan fingerprint density at radius 1 is 1.50 bits per heavy atom. The van der Waals surface area contributed by atoms with Gasteiger partial charge in [0.25, 0.3) is 0 Å². The summed E-state index contributed by atoms with van der Waals surface area (Å²) in [6.45, 7) is 0. The van der Waals surface area contributed by atoms with E-state index in [9.17, 15) is 18.0 Å². The molecular formula is C10H11F3N2O3. The number of pyridine rings is 1. The van der Waals surface area contributed by atoms with E-state index in [1.165, 1.54) is 20.2 Å². The second-order valence-corrected chi connectivity index (χ2v) is 3.30. The Morgan fingerprint density at radius 3 is 2.72 bits per heavy atom. The molecule has 0 spiro atoms. The maximum Gasteiger partial charge on any atom is 0.574 e. The van der Waals surface area contributed by atoms with Crippen LogP contribution >= 0.6 is 0 Å². The smallest absolute Gasteiger partial charge is 0.388 e. The van der Waals surface area contributed by atoms with Crippen molar-refractivity contribution < 1.29 is 27.5 Å². The Balaban J connectivity index is 2.74. The van der Waals surface area contributed by atoms with Gasteiger partial charge in [0, 0.05) is 19.3 Å². The molecule has 0 radical (unpaired) electrons. The Bertz CT molecular complexity index is 423. The number of hydrogen-bond donors (Lipinski definition) is 0. The third-order valence-electron chi connectivity index (χ3n) is 2.00. The van der Waals surface area contributed by atoms with Gasteiger partial charge in [-0.25, -0.2) is 10.0 Å². The molecule has 1 aromatic heterocycles. The highest BCUT2D eigenvalue weighted by Crippen LogP contribution is 2.21. The van der Waals surface area contributed by atoms with E-state index in [0.29, 0.717) is 5.56 Å². The van der Waals surface area contributed by atoms with Gasteiger partial charge in [-0.05, 0) is 11.6 Å². The number of halogens is 3. The van der Waals surface area contributed by atoms with Crippen molar-refractivity contribution in [1.82, 2.24) is 10.0 Å². The first-order valence-corrected chi connectivity index (χ1v) is 4.83. The summed E-state index contributed by atoms with van der Waals surface area (Å²) in [4.78, 5) is 19.5. The summed E-state index contributed by atoms with van der Waals surface area (Å²) in [6.07, 6.45) is -3.78. The molecule has 18 heavy (non-hydrogen) atoms. The number of hydrogen-bond acceptors (Lipinski definition) is 4. The van der Waals surface area contributed by atoms with Crippen LogP contribution in [0, 0.1) is 0 Å². The van der Waals surface area contributed by atoms with Crippen LogP contribution in [0.2, 0.25) is 0 Å². The lowest BCUT2D eigenvalue weighted by molar-refractivity contribution is -0.276. The first kappa shape index (κ1) is 14.2. The van der Waals surface area contributed by atoms with E-state index >= 15 is 0 Å². The van der Waals surface area contributed by atoms with Gasteiger partial charge >= 0.3 is 6.36 Å². The van der Waals surface area contributed by atoms with E-state index in [4.69, 9.17) is 0 Å². The summed E-state index contributed by atoms with van der Waals surface area (Å²) in [6, 6.07) is 2.47. The molecule has 5 nitrogen and oxygen atoms in total. The minimum atomic E-state index is -4.81. The molecular weight excluding hydrogens is 253 g/mol. The summed E-state index contributed by atoms with van der Waals surface area (Å²) >= 11 is 0. The number of carbonyl (C=O) groups is 1. The minimum absolute atomic E-state index is 0.110. The SMILES string of the molecule is CON(C)C(=O)Cc1ccnc(OC(F)(F)F)c1. The van der Waals surface area contributed by atoms with Crippen LogP contribution in [-0.4, -0.2) is 36.5 Å². The molecule has 8 heteroatoms. The average Bonchev–Trinajstić information content (AvgIpc) is 2.26. The number of nitrogens with zero attached hydrogens (tertiary/aromatic N) is 2. The van der Waals surface area contributed by atoms with Crippen LogP contribution in [0.5, 0.6) is 5.88 Å². The third kappa shape index (κ3) is 4.58. The fraction of sp³-hybridized carbons (Fsp3) is 0.400. The lowest BCUT2D eigenvalue weighted by Gasteiger charge is -2.13. The fourth-order valence-corrected chi connectivity index (χ4v) is 1.12. The number of amides is 1. The molecule has 0 fully saturated rings. The van der Waals surface area contributed by atoms with Crippen molar-refractivity contribution in [2.75, 3.05) is 14.2 Å². The maximum absolute atomic E-state index is 12.0. The molecule has 1 aromatic rings. The highest BCUT2D eigenvalue weighted by Gasteiger charge is 2.31. The summed E-state index contributed by atoms with van der Waals surface area (Å²) < 4.78 is 39.5. The van der Waals surface area contributed by atoms with E-state index in [1.807, 2.05) is 0 Å². The second kappa shape index (κ2) is 5.67. The molecule has 1 amide bonds. The lowest BCUT2D eigenvalue weighted by Crippen LogP contribution is -2.27. The van der Waals surface area contributed by atoms with Crippen LogP contribution in [0.4, 0.5) is 13.2 Å². The molecule has 0 saturated carbocycles. The van der Waals surface area contributed by atoms with E-state index in [1.54, 1.807) is 0 Å². The first-order valence-electron chi connectivity index (χ1n) is 4.83. The molecule has 0 saturated heterocycles. The zero-order chi connectivity index (χ0) is 13.8. The highest BCUT2D eigenvalue weighted by atomic mass is 19.4. The quantitative estimate of drug-likeness (QED) is 0.774. The van der Waals surface area contributed by atoms with Gasteiger partial charge in [-0.2, -0.15) is 0 Å². The van der Waals surface area contributed by atoms with Crippen molar-refractivity contribution in [3.05, 3.63) is 23.9 Å². The zero-order valence-electron chi connectivity index (χ0n) is 9.69. The number of aromatic nitrogens is 1. The third-order valence-corrected chi connectivity index (χ3v) is 2.00. The monoisotopic (exact) mass is 264 g/mol. The Labute approximate surface area is 101 Å². The lowest BCUT2D eigenvalue weighted by atomic mass is 10.2. The van der Waals surface area contributed by atoms with E-state index < -0.39 is 18.1 Å². The fourth-order valence-electron chi connectivity index (χ4n) is 1.12. The highest BCUT2D eigenvalue weighted by molar-refractivity contribution is 5.77. The molecule has 1 rings (SSSR count). The summed E-state index contributed by atoms with van der Waals surface area (Å²) in [5.74, 6) is -1.01. The van der Waals surface area contributed by atoms with Gasteiger partial charge in [-0.1, -0.05) is 0 Å². The van der Waals surface area contributed by atoms with Crippen LogP contribution in [0.3, 0.4) is 0 Å². The molecule has 0 bridgehead atoms. The van der Waals surface area contributed by atoms with Crippen molar-refractivity contribution in [2.45, 2.75) is 12.8 Å². The topological polar surface area (TPSA) is 51.7 Å². The second-order valence-electron chi connectivity index (χ2n) is 3.30. The molecule has 0 aliphatic heterocycles. The van der Waals surface area contributed by atoms with Gasteiger partial charge < -0.3 is 4.74 Å². The maximum atomic E-state index is 12.0. The summed E-state index contributed by atoms with van der Waals surface area (Å²) in [5, 5.41) is 0.977. The normalized spacial score (nSPS) is 11.2. The van der Waals surface area contributed by atoms with E-state index in [-0.39, 0.29) is 6.42 Å². The van der Waals surface area contributed by atoms with E-state index in [0.717, 1.165) is 17.3 Å². The number of ether oxygens (including phenoxy) is 1. The van der Waals surface area contributed by atoms with Gasteiger partial charge in [0.1, 0.15) is 0 Å². The molecule has 0 aromatic carbocycles. The van der Waals surface area contributed by atoms with Gasteiger partial charge in [0.05, 0.1) is 13.5 Å². The Hall–Kier alpha value is -1.83. The predicted molar refractivity (Wildman–Crippen MR) is 54.4 cm³/mol. The molecule has 0 unspecified atom stereocenters. The molecule has 0 atom stereocenters. The Kier molecular flexibility index (Phi) is 4.49. The van der Waals surface area contributed by atoms with Crippen LogP contribution < -0.4 is 4.74 Å². The van der Waals surface area contributed by atoms with Crippen LogP contribution in [0.25, 0.3) is 0 Å². The van der Waals surface area contributed by atoms with Crippen molar-refractivity contribution in [3.8, 4) is 5.88 Å². The molecule has 0 N–H and O–H groups in total. The van der Waals surface area contributed by atoms with E-state index in [2.05, 4.69) is 14.6 Å². The van der Waals surface area contributed by atoms with Gasteiger partial charge in [0.15, 0.2) is 0 Å². The van der Waals surface area contributed by atoms with Crippen molar-refractivity contribution in [3.63, 3.8) is 0 Å². The van der Waals surface area contributed by atoms with Crippen LogP contribution in [0.1, 0.15) is 5.56 Å². The van der Waals surface area contributed by atoms with Gasteiger partial charge in [-0.15, -0.1) is 13.2 Å². The number of likely N-dealkylation sites (N-methyl/N-ethyl adjacent to an activating group) is 1. The largest absolute Gasteiger partial charge is 0.574 e. The number of rotatable bonds is 4. The van der Waals surface area contributed by atoms with Gasteiger partial charge in [-0.3, -0.25) is 9.63 Å². The molecule has 0 aliphatic carbocycles. The number of carbonyl (C=O) groups excluding carboxylic acids is 1. The first-order chi connectivity index (χ1) is 8.31. The van der Waals surface area contributed by atoms with Gasteiger partial charge in [0.2, 0.25) is 11.8 Å². The Morgan fingerprint density at radius 2 is 2.17 bits per heavy atom. The zero-order valence-corrected chi connectivity index (χ0v) is 9.69.